The SMILES string of the molecule is COc1ccc(NCc2ccccc2F)c(OC)c1. The molecule has 0 fully saturated rings. The maximum absolute atomic E-state index is 13.5. The second-order valence-corrected chi connectivity index (χ2v) is 4.01. The molecular weight excluding hydrogens is 245 g/mol. The molecule has 0 spiro atoms. The zero-order chi connectivity index (χ0) is 13.7. The lowest BCUT2D eigenvalue weighted by molar-refractivity contribution is 0.395. The van der Waals surface area contributed by atoms with E-state index in [2.05, 4.69) is 5.32 Å². The average molecular weight is 261 g/mol. The summed E-state index contributed by atoms with van der Waals surface area (Å²) in [7, 11) is 3.18. The van der Waals surface area contributed by atoms with Crippen LogP contribution in [0.15, 0.2) is 42.5 Å². The van der Waals surface area contributed by atoms with E-state index in [9.17, 15) is 4.39 Å². The van der Waals surface area contributed by atoms with Crippen LogP contribution in [-0.2, 0) is 6.54 Å². The molecule has 3 nitrogen and oxygen atoms in total. The minimum absolute atomic E-state index is 0.220. The summed E-state index contributed by atoms with van der Waals surface area (Å²) in [6.45, 7) is 0.398. The van der Waals surface area contributed by atoms with Gasteiger partial charge in [0.1, 0.15) is 17.3 Å². The minimum Gasteiger partial charge on any atom is -0.497 e. The number of hydrogen-bond donors (Lipinski definition) is 1. The van der Waals surface area contributed by atoms with Crippen LogP contribution >= 0.6 is 0 Å². The van der Waals surface area contributed by atoms with Gasteiger partial charge < -0.3 is 14.8 Å². The van der Waals surface area contributed by atoms with Gasteiger partial charge in [-0.3, -0.25) is 0 Å². The molecule has 0 saturated carbocycles. The highest BCUT2D eigenvalue weighted by molar-refractivity contribution is 5.59. The summed E-state index contributed by atoms with van der Waals surface area (Å²) in [5.74, 6) is 1.16. The number of ether oxygens (including phenoxy) is 2. The highest BCUT2D eigenvalue weighted by Crippen LogP contribution is 2.29. The molecule has 0 aromatic heterocycles. The molecule has 19 heavy (non-hydrogen) atoms. The smallest absolute Gasteiger partial charge is 0.145 e. The average Bonchev–Trinajstić information content (AvgIpc) is 2.46. The Morgan fingerprint density at radius 1 is 1.05 bits per heavy atom. The molecule has 0 heterocycles. The van der Waals surface area contributed by atoms with Crippen molar-refractivity contribution in [1.82, 2.24) is 0 Å². The molecule has 0 radical (unpaired) electrons. The standard InChI is InChI=1S/C15H16FNO2/c1-18-12-7-8-14(15(9-12)19-2)17-10-11-5-3-4-6-13(11)16/h3-9,17H,10H2,1-2H3. The van der Waals surface area contributed by atoms with E-state index in [4.69, 9.17) is 9.47 Å². The van der Waals surface area contributed by atoms with E-state index >= 15 is 0 Å². The van der Waals surface area contributed by atoms with Gasteiger partial charge in [-0.15, -0.1) is 0 Å². The summed E-state index contributed by atoms with van der Waals surface area (Å²) >= 11 is 0. The van der Waals surface area contributed by atoms with Crippen LogP contribution in [0.3, 0.4) is 0 Å². The fraction of sp³-hybridized carbons (Fsp3) is 0.200. The van der Waals surface area contributed by atoms with Crippen LogP contribution in [0, 0.1) is 5.82 Å². The predicted molar refractivity (Wildman–Crippen MR) is 73.3 cm³/mol. The highest BCUT2D eigenvalue weighted by Gasteiger charge is 2.06. The van der Waals surface area contributed by atoms with Crippen molar-refractivity contribution >= 4 is 5.69 Å². The van der Waals surface area contributed by atoms with E-state index in [1.165, 1.54) is 6.07 Å². The molecule has 0 atom stereocenters. The molecule has 0 aliphatic rings. The molecule has 4 heteroatoms. The van der Waals surface area contributed by atoms with Gasteiger partial charge >= 0.3 is 0 Å². The fourth-order valence-electron chi connectivity index (χ4n) is 1.78. The number of nitrogens with one attached hydrogen (secondary N) is 1. The monoisotopic (exact) mass is 261 g/mol. The van der Waals surface area contributed by atoms with Crippen molar-refractivity contribution in [3.05, 3.63) is 53.8 Å². The Labute approximate surface area is 112 Å². The maximum atomic E-state index is 13.5. The molecule has 2 rings (SSSR count). The summed E-state index contributed by atoms with van der Waals surface area (Å²) in [5, 5.41) is 3.15. The summed E-state index contributed by atoms with van der Waals surface area (Å²) in [6, 6.07) is 12.1. The number of anilines is 1. The van der Waals surface area contributed by atoms with Crippen LogP contribution < -0.4 is 14.8 Å². The van der Waals surface area contributed by atoms with Crippen LogP contribution in [0.5, 0.6) is 11.5 Å². The first kappa shape index (κ1) is 13.2. The summed E-state index contributed by atoms with van der Waals surface area (Å²) < 4.78 is 23.9. The second-order valence-electron chi connectivity index (χ2n) is 4.01. The van der Waals surface area contributed by atoms with Gasteiger partial charge in [0.2, 0.25) is 0 Å². The van der Waals surface area contributed by atoms with Crippen LogP contribution in [-0.4, -0.2) is 14.2 Å². The largest absolute Gasteiger partial charge is 0.497 e. The van der Waals surface area contributed by atoms with E-state index in [1.807, 2.05) is 18.2 Å². The normalized spacial score (nSPS) is 10.1. The quantitative estimate of drug-likeness (QED) is 0.894. The molecule has 2 aromatic rings. The lowest BCUT2D eigenvalue weighted by atomic mass is 10.2. The van der Waals surface area contributed by atoms with Crippen LogP contribution in [0.25, 0.3) is 0 Å². The maximum Gasteiger partial charge on any atom is 0.145 e. The molecule has 0 aliphatic heterocycles. The predicted octanol–water partition coefficient (Wildman–Crippen LogP) is 3.46. The van der Waals surface area contributed by atoms with Crippen molar-refractivity contribution in [3.8, 4) is 11.5 Å². The Balaban J connectivity index is 2.13. The first-order valence-electron chi connectivity index (χ1n) is 5.94. The Kier molecular flexibility index (Phi) is 4.23. The third-order valence-electron chi connectivity index (χ3n) is 2.84. The third-order valence-corrected chi connectivity index (χ3v) is 2.84. The van der Waals surface area contributed by atoms with Crippen molar-refractivity contribution in [2.45, 2.75) is 6.54 Å². The molecule has 2 aromatic carbocycles. The minimum atomic E-state index is -0.220. The molecule has 0 bridgehead atoms. The summed E-state index contributed by atoms with van der Waals surface area (Å²) in [4.78, 5) is 0. The summed E-state index contributed by atoms with van der Waals surface area (Å²) in [6.07, 6.45) is 0. The Morgan fingerprint density at radius 3 is 2.53 bits per heavy atom. The molecule has 100 valence electrons. The number of hydrogen-bond acceptors (Lipinski definition) is 3. The zero-order valence-electron chi connectivity index (χ0n) is 10.9. The van der Waals surface area contributed by atoms with Crippen molar-refractivity contribution in [3.63, 3.8) is 0 Å². The van der Waals surface area contributed by atoms with Gasteiger partial charge in [0, 0.05) is 18.2 Å². The van der Waals surface area contributed by atoms with Gasteiger partial charge in [-0.05, 0) is 18.2 Å². The van der Waals surface area contributed by atoms with Crippen molar-refractivity contribution in [2.75, 3.05) is 19.5 Å². The van der Waals surface area contributed by atoms with Gasteiger partial charge in [-0.2, -0.15) is 0 Å². The van der Waals surface area contributed by atoms with E-state index in [0.29, 0.717) is 23.6 Å². The molecule has 0 amide bonds. The first-order chi connectivity index (χ1) is 9.24. The number of halogens is 1. The Hall–Kier alpha value is -2.23. The lowest BCUT2D eigenvalue weighted by Gasteiger charge is -2.12. The van der Waals surface area contributed by atoms with Crippen molar-refractivity contribution in [2.24, 2.45) is 0 Å². The van der Waals surface area contributed by atoms with E-state index in [-0.39, 0.29) is 5.82 Å². The van der Waals surface area contributed by atoms with E-state index in [0.717, 1.165) is 5.69 Å². The van der Waals surface area contributed by atoms with Crippen molar-refractivity contribution < 1.29 is 13.9 Å². The Morgan fingerprint density at radius 2 is 1.84 bits per heavy atom. The molecule has 1 N–H and O–H groups in total. The number of benzene rings is 2. The van der Waals surface area contributed by atoms with Crippen LogP contribution in [0.2, 0.25) is 0 Å². The lowest BCUT2D eigenvalue weighted by Crippen LogP contribution is -2.03. The molecule has 0 unspecified atom stereocenters. The number of rotatable bonds is 5. The second kappa shape index (κ2) is 6.09. The molecule has 0 saturated heterocycles. The van der Waals surface area contributed by atoms with Gasteiger partial charge in [0.25, 0.3) is 0 Å². The van der Waals surface area contributed by atoms with Crippen molar-refractivity contribution in [1.29, 1.82) is 0 Å². The van der Waals surface area contributed by atoms with Gasteiger partial charge in [0.05, 0.1) is 19.9 Å². The molecule has 0 aliphatic carbocycles. The van der Waals surface area contributed by atoms with Gasteiger partial charge in [-0.25, -0.2) is 4.39 Å². The highest BCUT2D eigenvalue weighted by atomic mass is 19.1. The first-order valence-corrected chi connectivity index (χ1v) is 5.94. The fourth-order valence-corrected chi connectivity index (χ4v) is 1.78. The summed E-state index contributed by atoms with van der Waals surface area (Å²) in [5.41, 5.74) is 1.41. The van der Waals surface area contributed by atoms with Gasteiger partial charge in [-0.1, -0.05) is 18.2 Å². The van der Waals surface area contributed by atoms with Crippen LogP contribution in [0.1, 0.15) is 5.56 Å². The zero-order valence-corrected chi connectivity index (χ0v) is 10.9. The van der Waals surface area contributed by atoms with E-state index in [1.54, 1.807) is 32.4 Å². The topological polar surface area (TPSA) is 30.5 Å². The number of methoxy groups -OCH3 is 2. The van der Waals surface area contributed by atoms with Crippen LogP contribution in [0.4, 0.5) is 10.1 Å². The molecular formula is C15H16FNO2. The Bertz CT molecular complexity index is 558. The third kappa shape index (κ3) is 3.16. The van der Waals surface area contributed by atoms with Gasteiger partial charge in [0.15, 0.2) is 0 Å². The van der Waals surface area contributed by atoms with E-state index < -0.39 is 0 Å².